The van der Waals surface area contributed by atoms with Crippen LogP contribution in [0.2, 0.25) is 0 Å². The molecular weight excluding hydrogens is 276 g/mol. The van der Waals surface area contributed by atoms with Crippen molar-refractivity contribution in [2.45, 2.75) is 32.7 Å². The molecule has 0 saturated heterocycles. The molecule has 6 nitrogen and oxygen atoms in total. The van der Waals surface area contributed by atoms with Crippen LogP contribution in [0.25, 0.3) is 0 Å². The van der Waals surface area contributed by atoms with E-state index in [1.54, 1.807) is 14.2 Å². The average molecular weight is 298 g/mol. The van der Waals surface area contributed by atoms with Gasteiger partial charge in [0.25, 0.3) is 0 Å². The first-order valence-electron chi connectivity index (χ1n) is 6.81. The molecule has 21 heavy (non-hydrogen) atoms. The van der Waals surface area contributed by atoms with E-state index in [2.05, 4.69) is 0 Å². The second-order valence-electron chi connectivity index (χ2n) is 5.02. The van der Waals surface area contributed by atoms with Gasteiger partial charge in [-0.1, -0.05) is 0 Å². The predicted octanol–water partition coefficient (Wildman–Crippen LogP) is 1.91. The smallest absolute Gasteiger partial charge is 0.188 e. The van der Waals surface area contributed by atoms with E-state index < -0.39 is 6.29 Å². The Morgan fingerprint density at radius 1 is 1.24 bits per heavy atom. The SMILES string of the molecule is COCOc1cc(C)c(OCOC)c2c1CC(C)OC2O. The number of aryl methyl sites for hydroxylation is 1. The summed E-state index contributed by atoms with van der Waals surface area (Å²) in [6.45, 7) is 4.04. The summed E-state index contributed by atoms with van der Waals surface area (Å²) in [7, 11) is 3.11. The van der Waals surface area contributed by atoms with Crippen molar-refractivity contribution in [3.05, 3.63) is 22.8 Å². The Bertz CT molecular complexity index is 488. The van der Waals surface area contributed by atoms with Crippen LogP contribution in [-0.4, -0.2) is 39.0 Å². The molecule has 0 spiro atoms. The van der Waals surface area contributed by atoms with E-state index in [1.165, 1.54) is 0 Å². The fraction of sp³-hybridized carbons (Fsp3) is 0.600. The number of methoxy groups -OCH3 is 2. The van der Waals surface area contributed by atoms with E-state index in [0.29, 0.717) is 23.5 Å². The second kappa shape index (κ2) is 7.09. The van der Waals surface area contributed by atoms with Gasteiger partial charge in [-0.15, -0.1) is 0 Å². The Hall–Kier alpha value is -1.34. The number of benzene rings is 1. The van der Waals surface area contributed by atoms with Crippen molar-refractivity contribution in [2.24, 2.45) is 0 Å². The molecule has 1 aliphatic rings. The highest BCUT2D eigenvalue weighted by Gasteiger charge is 2.31. The molecule has 0 aliphatic carbocycles. The highest BCUT2D eigenvalue weighted by molar-refractivity contribution is 5.55. The molecule has 0 fully saturated rings. The zero-order valence-electron chi connectivity index (χ0n) is 12.8. The third-order valence-electron chi connectivity index (χ3n) is 3.33. The van der Waals surface area contributed by atoms with Gasteiger partial charge in [0.15, 0.2) is 19.9 Å². The number of hydrogen-bond acceptors (Lipinski definition) is 6. The Morgan fingerprint density at radius 2 is 1.90 bits per heavy atom. The number of ether oxygens (including phenoxy) is 5. The minimum absolute atomic E-state index is 0.102. The largest absolute Gasteiger partial charge is 0.467 e. The van der Waals surface area contributed by atoms with E-state index in [0.717, 1.165) is 11.1 Å². The van der Waals surface area contributed by atoms with E-state index in [4.69, 9.17) is 23.7 Å². The lowest BCUT2D eigenvalue weighted by Crippen LogP contribution is -2.25. The second-order valence-corrected chi connectivity index (χ2v) is 5.02. The van der Waals surface area contributed by atoms with Crippen molar-refractivity contribution >= 4 is 0 Å². The van der Waals surface area contributed by atoms with Crippen molar-refractivity contribution in [3.8, 4) is 11.5 Å². The number of aliphatic hydroxyl groups excluding tert-OH is 1. The van der Waals surface area contributed by atoms with E-state index in [-0.39, 0.29) is 19.7 Å². The Morgan fingerprint density at radius 3 is 2.57 bits per heavy atom. The first-order chi connectivity index (χ1) is 10.1. The summed E-state index contributed by atoms with van der Waals surface area (Å²) in [5.41, 5.74) is 2.33. The van der Waals surface area contributed by atoms with Crippen molar-refractivity contribution in [1.82, 2.24) is 0 Å². The molecule has 0 amide bonds. The molecular formula is C15H22O6. The summed E-state index contributed by atoms with van der Waals surface area (Å²) < 4.78 is 26.6. The monoisotopic (exact) mass is 298 g/mol. The van der Waals surface area contributed by atoms with Gasteiger partial charge in [-0.25, -0.2) is 0 Å². The number of aliphatic hydroxyl groups is 1. The van der Waals surface area contributed by atoms with Crippen LogP contribution in [0.15, 0.2) is 6.07 Å². The lowest BCUT2D eigenvalue weighted by atomic mass is 9.94. The van der Waals surface area contributed by atoms with Crippen molar-refractivity contribution in [3.63, 3.8) is 0 Å². The minimum atomic E-state index is -1.04. The van der Waals surface area contributed by atoms with Gasteiger partial charge in [0.05, 0.1) is 11.7 Å². The molecule has 1 aromatic carbocycles. The van der Waals surface area contributed by atoms with Crippen LogP contribution in [0.1, 0.15) is 29.9 Å². The molecule has 0 aromatic heterocycles. The van der Waals surface area contributed by atoms with Gasteiger partial charge in [-0.05, 0) is 25.5 Å². The van der Waals surface area contributed by atoms with Crippen LogP contribution in [0.3, 0.4) is 0 Å². The zero-order valence-corrected chi connectivity index (χ0v) is 12.8. The van der Waals surface area contributed by atoms with Crippen molar-refractivity contribution in [1.29, 1.82) is 0 Å². The highest BCUT2D eigenvalue weighted by atomic mass is 16.7. The van der Waals surface area contributed by atoms with Gasteiger partial charge in [-0.3, -0.25) is 0 Å². The maximum atomic E-state index is 10.3. The minimum Gasteiger partial charge on any atom is -0.467 e. The number of hydrogen-bond donors (Lipinski definition) is 1. The van der Waals surface area contributed by atoms with Gasteiger partial charge >= 0.3 is 0 Å². The van der Waals surface area contributed by atoms with Gasteiger partial charge in [0, 0.05) is 26.2 Å². The molecule has 6 heteroatoms. The molecule has 1 N–H and O–H groups in total. The summed E-state index contributed by atoms with van der Waals surface area (Å²) in [5.74, 6) is 1.26. The van der Waals surface area contributed by atoms with E-state index in [1.807, 2.05) is 19.9 Å². The highest BCUT2D eigenvalue weighted by Crippen LogP contribution is 2.42. The van der Waals surface area contributed by atoms with Crippen LogP contribution in [0.5, 0.6) is 11.5 Å². The molecule has 1 aromatic rings. The van der Waals surface area contributed by atoms with Crippen LogP contribution >= 0.6 is 0 Å². The van der Waals surface area contributed by atoms with Crippen LogP contribution in [-0.2, 0) is 20.6 Å². The number of rotatable bonds is 6. The van der Waals surface area contributed by atoms with Gasteiger partial charge in [0.1, 0.15) is 11.5 Å². The number of fused-ring (bicyclic) bond motifs is 1. The Balaban J connectivity index is 2.47. The molecule has 0 radical (unpaired) electrons. The summed E-state index contributed by atoms with van der Waals surface area (Å²) in [6.07, 6.45) is -0.509. The van der Waals surface area contributed by atoms with Crippen molar-refractivity contribution < 1.29 is 28.8 Å². The fourth-order valence-corrected chi connectivity index (χ4v) is 2.49. The van der Waals surface area contributed by atoms with Crippen LogP contribution < -0.4 is 9.47 Å². The van der Waals surface area contributed by atoms with Crippen LogP contribution in [0.4, 0.5) is 0 Å². The molecule has 2 rings (SSSR count). The first-order valence-corrected chi connectivity index (χ1v) is 6.81. The molecule has 0 saturated carbocycles. The normalized spacial score (nSPS) is 21.0. The van der Waals surface area contributed by atoms with Gasteiger partial charge in [0.2, 0.25) is 0 Å². The summed E-state index contributed by atoms with van der Waals surface area (Å²) in [6, 6.07) is 1.88. The topological polar surface area (TPSA) is 66.4 Å². The molecule has 1 heterocycles. The fourth-order valence-electron chi connectivity index (χ4n) is 2.49. The molecule has 2 atom stereocenters. The third kappa shape index (κ3) is 3.47. The summed E-state index contributed by atoms with van der Waals surface area (Å²) in [4.78, 5) is 0. The van der Waals surface area contributed by atoms with E-state index in [9.17, 15) is 5.11 Å². The average Bonchev–Trinajstić information content (AvgIpc) is 2.44. The van der Waals surface area contributed by atoms with E-state index >= 15 is 0 Å². The molecule has 1 aliphatic heterocycles. The summed E-state index contributed by atoms with van der Waals surface area (Å²) in [5, 5.41) is 10.3. The Kier molecular flexibility index (Phi) is 5.41. The maximum Gasteiger partial charge on any atom is 0.188 e. The standard InChI is InChI=1S/C15H22O6/c1-9-5-12(19-7-17-3)11-6-10(2)21-15(16)13(11)14(9)20-8-18-4/h5,10,15-16H,6-8H2,1-4H3. The van der Waals surface area contributed by atoms with Gasteiger partial charge in [-0.2, -0.15) is 0 Å². The summed E-state index contributed by atoms with van der Waals surface area (Å²) >= 11 is 0. The van der Waals surface area contributed by atoms with Crippen LogP contribution in [0, 0.1) is 6.92 Å². The third-order valence-corrected chi connectivity index (χ3v) is 3.33. The quantitative estimate of drug-likeness (QED) is 0.809. The maximum absolute atomic E-state index is 10.3. The molecule has 2 unspecified atom stereocenters. The lowest BCUT2D eigenvalue weighted by molar-refractivity contribution is -0.145. The lowest BCUT2D eigenvalue weighted by Gasteiger charge is -2.31. The Labute approximate surface area is 124 Å². The predicted molar refractivity (Wildman–Crippen MR) is 75.4 cm³/mol. The molecule has 118 valence electrons. The van der Waals surface area contributed by atoms with Gasteiger partial charge < -0.3 is 28.8 Å². The first kappa shape index (κ1) is 16.0. The zero-order chi connectivity index (χ0) is 15.4. The van der Waals surface area contributed by atoms with Crippen molar-refractivity contribution in [2.75, 3.05) is 27.8 Å². The molecule has 0 bridgehead atoms.